The quantitative estimate of drug-likeness (QED) is 0.717. The lowest BCUT2D eigenvalue weighted by Gasteiger charge is -2.48. The van der Waals surface area contributed by atoms with Crippen molar-refractivity contribution in [1.82, 2.24) is 0 Å². The van der Waals surface area contributed by atoms with E-state index in [1.165, 1.54) is 0 Å². The van der Waals surface area contributed by atoms with E-state index in [2.05, 4.69) is 47.6 Å². The van der Waals surface area contributed by atoms with Gasteiger partial charge in [0.25, 0.3) is 5.79 Å². The van der Waals surface area contributed by atoms with Crippen molar-refractivity contribution in [3.05, 3.63) is 29.8 Å². The summed E-state index contributed by atoms with van der Waals surface area (Å²) in [5, 5.41) is 10.9. The van der Waals surface area contributed by atoms with E-state index in [0.717, 1.165) is 17.7 Å². The smallest absolute Gasteiger partial charge is 0.266 e. The number of ether oxygens (including phenoxy) is 2. The molecule has 0 aliphatic carbocycles. The Hall–Kier alpha value is -0.883. The molecule has 0 amide bonds. The molecule has 0 unspecified atom stereocenters. The van der Waals surface area contributed by atoms with Crippen LogP contribution in [-0.4, -0.2) is 31.9 Å². The number of aliphatic hydroxyl groups excluding tert-OH is 1. The highest BCUT2D eigenvalue weighted by Crippen LogP contribution is 2.54. The van der Waals surface area contributed by atoms with Gasteiger partial charge in [-0.2, -0.15) is 0 Å². The van der Waals surface area contributed by atoms with Gasteiger partial charge in [0.15, 0.2) is 0 Å². The first kappa shape index (κ1) is 19.9. The van der Waals surface area contributed by atoms with Gasteiger partial charge < -0.3 is 19.0 Å². The van der Waals surface area contributed by atoms with Gasteiger partial charge in [-0.15, -0.1) is 0 Å². The largest absolute Gasteiger partial charge is 0.456 e. The Labute approximate surface area is 159 Å². The minimum atomic E-state index is -2.17. The molecule has 5 heteroatoms. The van der Waals surface area contributed by atoms with Gasteiger partial charge in [-0.1, -0.05) is 59.7 Å². The molecule has 0 saturated carbocycles. The first-order chi connectivity index (χ1) is 12.3. The van der Waals surface area contributed by atoms with Crippen LogP contribution in [0, 0.1) is 0 Å². The third-order valence-electron chi connectivity index (χ3n) is 6.28. The SMILES string of the molecule is CC(C)[Si](O[C@@H]1c2ccccc2O[C@@]12OCCC[C@H]2O)(C(C)C)C(C)C. The standard InChI is InChI=1S/C21H34O4Si/c1-14(2)26(15(3)4,16(5)6)25-20-17-10-7-8-11-18(17)24-21(20)19(22)12-9-13-23-21/h7-8,10-11,14-16,19-20,22H,9,12-13H2,1-6H3/t19-,20-,21-/m1/s1. The Bertz CT molecular complexity index is 608. The van der Waals surface area contributed by atoms with E-state index in [0.29, 0.717) is 29.7 Å². The lowest BCUT2D eigenvalue weighted by Crippen LogP contribution is -2.59. The van der Waals surface area contributed by atoms with Gasteiger partial charge in [0, 0.05) is 5.56 Å². The van der Waals surface area contributed by atoms with Crippen LogP contribution in [0.3, 0.4) is 0 Å². The summed E-state index contributed by atoms with van der Waals surface area (Å²) < 4.78 is 19.5. The minimum Gasteiger partial charge on any atom is -0.456 e. The maximum Gasteiger partial charge on any atom is 0.266 e. The molecule has 1 fully saturated rings. The van der Waals surface area contributed by atoms with E-state index in [1.54, 1.807) is 0 Å². The van der Waals surface area contributed by atoms with E-state index in [9.17, 15) is 5.11 Å². The average Bonchev–Trinajstić information content (AvgIpc) is 2.88. The zero-order valence-electron chi connectivity index (χ0n) is 17.0. The Kier molecular flexibility index (Phi) is 5.55. The molecule has 2 heterocycles. The second-order valence-electron chi connectivity index (χ2n) is 8.68. The zero-order valence-corrected chi connectivity index (χ0v) is 18.0. The van der Waals surface area contributed by atoms with E-state index in [4.69, 9.17) is 13.9 Å². The molecular formula is C21H34O4Si. The molecule has 1 saturated heterocycles. The van der Waals surface area contributed by atoms with Crippen LogP contribution in [0.4, 0.5) is 0 Å². The fourth-order valence-corrected chi connectivity index (χ4v) is 10.7. The predicted molar refractivity (Wildman–Crippen MR) is 106 cm³/mol. The molecule has 3 atom stereocenters. The Morgan fingerprint density at radius 2 is 1.69 bits per heavy atom. The van der Waals surface area contributed by atoms with Crippen LogP contribution in [0.5, 0.6) is 5.75 Å². The monoisotopic (exact) mass is 378 g/mol. The molecule has 2 aliphatic heterocycles. The topological polar surface area (TPSA) is 47.9 Å². The van der Waals surface area contributed by atoms with Crippen LogP contribution in [0.15, 0.2) is 24.3 Å². The number of rotatable bonds is 5. The maximum absolute atomic E-state index is 10.9. The first-order valence-corrected chi connectivity index (χ1v) is 12.2. The summed E-state index contributed by atoms with van der Waals surface area (Å²) >= 11 is 0. The molecule has 1 aromatic carbocycles. The van der Waals surface area contributed by atoms with Gasteiger partial charge in [0.2, 0.25) is 8.32 Å². The van der Waals surface area contributed by atoms with Gasteiger partial charge in [-0.05, 0) is 35.5 Å². The van der Waals surface area contributed by atoms with E-state index in [-0.39, 0.29) is 6.10 Å². The van der Waals surface area contributed by atoms with Gasteiger partial charge in [0.1, 0.15) is 18.0 Å². The van der Waals surface area contributed by atoms with Crippen molar-refractivity contribution in [3.8, 4) is 5.75 Å². The molecule has 3 rings (SSSR count). The molecule has 0 bridgehead atoms. The first-order valence-electron chi connectivity index (χ1n) is 10.0. The van der Waals surface area contributed by atoms with Crippen molar-refractivity contribution >= 4 is 8.32 Å². The summed E-state index contributed by atoms with van der Waals surface area (Å²) in [5.74, 6) is -0.337. The van der Waals surface area contributed by atoms with Crippen molar-refractivity contribution in [3.63, 3.8) is 0 Å². The highest BCUT2D eigenvalue weighted by molar-refractivity contribution is 6.77. The normalized spacial score (nSPS) is 28.8. The van der Waals surface area contributed by atoms with Crippen LogP contribution in [0.1, 0.15) is 66.1 Å². The Morgan fingerprint density at radius 1 is 1.08 bits per heavy atom. The summed E-state index contributed by atoms with van der Waals surface area (Å²) in [6.45, 7) is 14.2. The minimum absolute atomic E-state index is 0.382. The molecule has 1 N–H and O–H groups in total. The summed E-state index contributed by atoms with van der Waals surface area (Å²) in [6.07, 6.45) is 0.448. The molecule has 26 heavy (non-hydrogen) atoms. The maximum atomic E-state index is 10.9. The number of para-hydroxylation sites is 1. The van der Waals surface area contributed by atoms with Crippen LogP contribution in [-0.2, 0) is 9.16 Å². The number of aliphatic hydroxyl groups is 1. The fourth-order valence-electron chi connectivity index (χ4n) is 5.14. The van der Waals surface area contributed by atoms with Gasteiger partial charge in [-0.3, -0.25) is 0 Å². The molecule has 2 aliphatic rings. The van der Waals surface area contributed by atoms with E-state index in [1.807, 2.05) is 18.2 Å². The number of benzene rings is 1. The molecule has 1 aromatic rings. The van der Waals surface area contributed by atoms with E-state index >= 15 is 0 Å². The zero-order chi connectivity index (χ0) is 19.1. The highest BCUT2D eigenvalue weighted by atomic mass is 28.4. The predicted octanol–water partition coefficient (Wildman–Crippen LogP) is 5.18. The number of hydrogen-bond donors (Lipinski definition) is 1. The van der Waals surface area contributed by atoms with Gasteiger partial charge in [0.05, 0.1) is 6.61 Å². The molecule has 4 nitrogen and oxygen atoms in total. The fraction of sp³-hybridized carbons (Fsp3) is 0.714. The van der Waals surface area contributed by atoms with Gasteiger partial charge in [-0.25, -0.2) is 0 Å². The van der Waals surface area contributed by atoms with Crippen LogP contribution in [0.25, 0.3) is 0 Å². The summed E-state index contributed by atoms with van der Waals surface area (Å²) in [4.78, 5) is 0. The third-order valence-corrected chi connectivity index (χ3v) is 12.3. The molecular weight excluding hydrogens is 344 g/mol. The van der Waals surface area contributed by atoms with Crippen molar-refractivity contribution in [1.29, 1.82) is 0 Å². The second kappa shape index (κ2) is 7.27. The molecule has 0 aromatic heterocycles. The average molecular weight is 379 g/mol. The molecule has 146 valence electrons. The van der Waals surface area contributed by atoms with E-state index < -0.39 is 20.2 Å². The third kappa shape index (κ3) is 2.93. The lowest BCUT2D eigenvalue weighted by atomic mass is 9.94. The summed E-state index contributed by atoms with van der Waals surface area (Å²) in [6, 6.07) is 7.98. The van der Waals surface area contributed by atoms with Crippen molar-refractivity contribution in [2.45, 2.75) is 89.0 Å². The van der Waals surface area contributed by atoms with Crippen molar-refractivity contribution < 1.29 is 19.0 Å². The second-order valence-corrected chi connectivity index (χ2v) is 14.1. The van der Waals surface area contributed by atoms with Gasteiger partial charge >= 0.3 is 0 Å². The number of fused-ring (bicyclic) bond motifs is 1. The lowest BCUT2D eigenvalue weighted by molar-refractivity contribution is -0.287. The molecule has 0 radical (unpaired) electrons. The van der Waals surface area contributed by atoms with Crippen LogP contribution in [0.2, 0.25) is 16.6 Å². The Morgan fingerprint density at radius 3 is 2.27 bits per heavy atom. The summed E-state index contributed by atoms with van der Waals surface area (Å²) in [5.41, 5.74) is 2.36. The summed E-state index contributed by atoms with van der Waals surface area (Å²) in [7, 11) is -2.17. The highest BCUT2D eigenvalue weighted by Gasteiger charge is 2.60. The molecule has 1 spiro atoms. The Balaban J connectivity index is 2.09. The van der Waals surface area contributed by atoms with Crippen molar-refractivity contribution in [2.24, 2.45) is 0 Å². The van der Waals surface area contributed by atoms with Crippen molar-refractivity contribution in [2.75, 3.05) is 6.61 Å². The van der Waals surface area contributed by atoms with Crippen LogP contribution >= 0.6 is 0 Å². The number of hydrogen-bond acceptors (Lipinski definition) is 4. The van der Waals surface area contributed by atoms with Crippen LogP contribution < -0.4 is 4.74 Å².